The summed E-state index contributed by atoms with van der Waals surface area (Å²) >= 11 is 0. The van der Waals surface area contributed by atoms with Gasteiger partial charge in [0, 0.05) is 16.9 Å². The summed E-state index contributed by atoms with van der Waals surface area (Å²) in [6, 6.07) is 16.8. The number of sulfonamides is 1. The molecular formula is C21H19FN2O3S. The number of halogens is 1. The number of carbonyl (C=O) groups excluding carboxylic acids is 1. The van der Waals surface area contributed by atoms with Crippen molar-refractivity contribution in [1.82, 2.24) is 0 Å². The number of hydrogen-bond acceptors (Lipinski definition) is 3. The van der Waals surface area contributed by atoms with E-state index in [4.69, 9.17) is 0 Å². The van der Waals surface area contributed by atoms with Crippen molar-refractivity contribution >= 4 is 27.3 Å². The fraction of sp³-hybridized carbons (Fsp3) is 0.0952. The highest BCUT2D eigenvalue weighted by molar-refractivity contribution is 7.92. The smallest absolute Gasteiger partial charge is 0.262 e. The van der Waals surface area contributed by atoms with Crippen molar-refractivity contribution in [2.45, 2.75) is 18.7 Å². The molecule has 5 nitrogen and oxygen atoms in total. The molecule has 7 heteroatoms. The predicted molar refractivity (Wildman–Crippen MR) is 108 cm³/mol. The van der Waals surface area contributed by atoms with Crippen molar-refractivity contribution < 1.29 is 17.6 Å². The highest BCUT2D eigenvalue weighted by atomic mass is 32.2. The average Bonchev–Trinajstić information content (AvgIpc) is 2.65. The summed E-state index contributed by atoms with van der Waals surface area (Å²) in [7, 11) is -3.87. The summed E-state index contributed by atoms with van der Waals surface area (Å²) in [6.07, 6.45) is 0. The first-order valence-electron chi connectivity index (χ1n) is 8.52. The van der Waals surface area contributed by atoms with Gasteiger partial charge >= 0.3 is 0 Å². The van der Waals surface area contributed by atoms with Crippen LogP contribution in [0.1, 0.15) is 21.5 Å². The molecule has 0 heterocycles. The molecule has 0 radical (unpaired) electrons. The largest absolute Gasteiger partial charge is 0.322 e. The van der Waals surface area contributed by atoms with Crippen molar-refractivity contribution in [2.24, 2.45) is 0 Å². The summed E-state index contributed by atoms with van der Waals surface area (Å²) in [5, 5.41) is 2.82. The first kappa shape index (κ1) is 19.6. The van der Waals surface area contributed by atoms with Crippen LogP contribution in [0.2, 0.25) is 0 Å². The van der Waals surface area contributed by atoms with Crippen LogP contribution in [0.15, 0.2) is 71.6 Å². The fourth-order valence-corrected chi connectivity index (χ4v) is 4.01. The zero-order chi connectivity index (χ0) is 20.3. The van der Waals surface area contributed by atoms with Crippen LogP contribution in [0.5, 0.6) is 0 Å². The van der Waals surface area contributed by atoms with E-state index in [0.29, 0.717) is 16.8 Å². The molecule has 2 N–H and O–H groups in total. The fourth-order valence-electron chi connectivity index (χ4n) is 2.73. The van der Waals surface area contributed by atoms with Crippen molar-refractivity contribution in [3.05, 3.63) is 89.2 Å². The van der Waals surface area contributed by atoms with Gasteiger partial charge in [-0.15, -0.1) is 0 Å². The molecule has 3 rings (SSSR count). The lowest BCUT2D eigenvalue weighted by atomic mass is 10.1. The first-order valence-corrected chi connectivity index (χ1v) is 10.0. The second-order valence-corrected chi connectivity index (χ2v) is 8.01. The molecule has 144 valence electrons. The molecule has 0 aliphatic carbocycles. The Bertz CT molecular complexity index is 1130. The Balaban J connectivity index is 1.82. The number of anilines is 2. The zero-order valence-corrected chi connectivity index (χ0v) is 16.2. The molecule has 0 saturated carbocycles. The lowest BCUT2D eigenvalue weighted by Crippen LogP contribution is -2.16. The summed E-state index contributed by atoms with van der Waals surface area (Å²) in [5.41, 5.74) is 2.64. The minimum atomic E-state index is -3.87. The Labute approximate surface area is 163 Å². The van der Waals surface area contributed by atoms with E-state index in [1.54, 1.807) is 13.0 Å². The molecule has 0 bridgehead atoms. The predicted octanol–water partition coefficient (Wildman–Crippen LogP) is 4.50. The normalized spacial score (nSPS) is 11.1. The molecule has 1 amide bonds. The summed E-state index contributed by atoms with van der Waals surface area (Å²) in [4.78, 5) is 12.5. The Morgan fingerprint density at radius 3 is 2.21 bits per heavy atom. The van der Waals surface area contributed by atoms with Crippen LogP contribution in [-0.2, 0) is 10.0 Å². The summed E-state index contributed by atoms with van der Waals surface area (Å²) in [6.45, 7) is 3.50. The van der Waals surface area contributed by atoms with Gasteiger partial charge in [0.15, 0.2) is 0 Å². The highest BCUT2D eigenvalue weighted by Crippen LogP contribution is 2.22. The van der Waals surface area contributed by atoms with Gasteiger partial charge in [-0.3, -0.25) is 9.52 Å². The van der Waals surface area contributed by atoms with E-state index >= 15 is 0 Å². The number of aryl methyl sites for hydroxylation is 2. The number of nitrogens with one attached hydrogen (secondary N) is 2. The maximum atomic E-state index is 13.0. The standard InChI is InChI=1S/C21H19FN2O3S/c1-14-5-3-4-6-19(14)23-21(25)16-7-12-20(15(2)13-16)28(26,27)24-18-10-8-17(22)9-11-18/h3-13,24H,1-2H3,(H,23,25). The molecule has 0 spiro atoms. The first-order chi connectivity index (χ1) is 13.3. The molecule has 3 aromatic rings. The summed E-state index contributed by atoms with van der Waals surface area (Å²) < 4.78 is 40.6. The molecule has 0 aromatic heterocycles. The number of rotatable bonds is 5. The lowest BCUT2D eigenvalue weighted by molar-refractivity contribution is 0.102. The van der Waals surface area contributed by atoms with Gasteiger partial charge in [0.1, 0.15) is 5.82 Å². The molecule has 0 saturated heterocycles. The Morgan fingerprint density at radius 1 is 0.893 bits per heavy atom. The lowest BCUT2D eigenvalue weighted by Gasteiger charge is -2.12. The van der Waals surface area contributed by atoms with Crippen LogP contribution in [0.4, 0.5) is 15.8 Å². The maximum absolute atomic E-state index is 13.0. The molecular weight excluding hydrogens is 379 g/mol. The van der Waals surface area contributed by atoms with Crippen molar-refractivity contribution in [3.63, 3.8) is 0 Å². The van der Waals surface area contributed by atoms with E-state index in [1.807, 2.05) is 25.1 Å². The van der Waals surface area contributed by atoms with Gasteiger partial charge in [-0.25, -0.2) is 12.8 Å². The van der Waals surface area contributed by atoms with Crippen molar-refractivity contribution in [1.29, 1.82) is 0 Å². The third kappa shape index (κ3) is 4.37. The molecule has 0 aliphatic rings. The van der Waals surface area contributed by atoms with Gasteiger partial charge < -0.3 is 5.32 Å². The number of hydrogen-bond donors (Lipinski definition) is 2. The SMILES string of the molecule is Cc1ccccc1NC(=O)c1ccc(S(=O)(=O)Nc2ccc(F)cc2)c(C)c1. The van der Waals surface area contributed by atoms with Crippen LogP contribution >= 0.6 is 0 Å². The van der Waals surface area contributed by atoms with Crippen LogP contribution in [0, 0.1) is 19.7 Å². The van der Waals surface area contributed by atoms with Crippen LogP contribution in [-0.4, -0.2) is 14.3 Å². The van der Waals surface area contributed by atoms with Crippen LogP contribution in [0.25, 0.3) is 0 Å². The van der Waals surface area contributed by atoms with Gasteiger partial charge in [-0.1, -0.05) is 18.2 Å². The number of amides is 1. The Morgan fingerprint density at radius 2 is 1.57 bits per heavy atom. The second kappa shape index (κ2) is 7.82. The van der Waals surface area contributed by atoms with Crippen LogP contribution < -0.4 is 10.0 Å². The van der Waals surface area contributed by atoms with E-state index in [2.05, 4.69) is 10.0 Å². The Hall–Kier alpha value is -3.19. The maximum Gasteiger partial charge on any atom is 0.262 e. The van der Waals surface area contributed by atoms with E-state index in [1.165, 1.54) is 42.5 Å². The number of para-hydroxylation sites is 1. The van der Waals surface area contributed by atoms with Crippen molar-refractivity contribution in [3.8, 4) is 0 Å². The quantitative estimate of drug-likeness (QED) is 0.665. The molecule has 3 aromatic carbocycles. The number of carbonyl (C=O) groups is 1. The monoisotopic (exact) mass is 398 g/mol. The van der Waals surface area contributed by atoms with E-state index in [-0.39, 0.29) is 16.5 Å². The van der Waals surface area contributed by atoms with E-state index in [9.17, 15) is 17.6 Å². The van der Waals surface area contributed by atoms with Gasteiger partial charge in [-0.05, 0) is 73.5 Å². The van der Waals surface area contributed by atoms with E-state index in [0.717, 1.165) is 5.56 Å². The summed E-state index contributed by atoms with van der Waals surface area (Å²) in [5.74, 6) is -0.781. The third-order valence-corrected chi connectivity index (χ3v) is 5.76. The van der Waals surface area contributed by atoms with Gasteiger partial charge in [-0.2, -0.15) is 0 Å². The van der Waals surface area contributed by atoms with Gasteiger partial charge in [0.05, 0.1) is 4.90 Å². The van der Waals surface area contributed by atoms with E-state index < -0.39 is 15.8 Å². The molecule has 0 unspecified atom stereocenters. The zero-order valence-electron chi connectivity index (χ0n) is 15.4. The molecule has 0 aliphatic heterocycles. The van der Waals surface area contributed by atoms with Gasteiger partial charge in [0.2, 0.25) is 0 Å². The van der Waals surface area contributed by atoms with Gasteiger partial charge in [0.25, 0.3) is 15.9 Å². The highest BCUT2D eigenvalue weighted by Gasteiger charge is 2.19. The molecule has 0 atom stereocenters. The average molecular weight is 398 g/mol. The minimum absolute atomic E-state index is 0.0456. The van der Waals surface area contributed by atoms with Crippen LogP contribution in [0.3, 0.4) is 0 Å². The topological polar surface area (TPSA) is 75.3 Å². The van der Waals surface area contributed by atoms with Crippen molar-refractivity contribution in [2.75, 3.05) is 10.0 Å². The third-order valence-electron chi connectivity index (χ3n) is 4.22. The number of benzene rings is 3. The molecule has 28 heavy (non-hydrogen) atoms. The second-order valence-electron chi connectivity index (χ2n) is 6.36. The molecule has 0 fully saturated rings. The Kier molecular flexibility index (Phi) is 5.46. The minimum Gasteiger partial charge on any atom is -0.322 e.